The highest BCUT2D eigenvalue weighted by atomic mass is 19.1. The Bertz CT molecular complexity index is 1070. The van der Waals surface area contributed by atoms with Crippen LogP contribution in [-0.2, 0) is 6.54 Å². The molecule has 0 bridgehead atoms. The molecular formula is C18H14FN5O3. The smallest absolute Gasteiger partial charge is 0.169 e. The van der Waals surface area contributed by atoms with Gasteiger partial charge in [0.15, 0.2) is 11.6 Å². The summed E-state index contributed by atoms with van der Waals surface area (Å²) in [5.74, 6) is 0.748. The molecule has 2 N–H and O–H groups in total. The number of nitrogens with zero attached hydrogens (tertiary/aromatic N) is 4. The van der Waals surface area contributed by atoms with Gasteiger partial charge in [-0.05, 0) is 18.2 Å². The summed E-state index contributed by atoms with van der Waals surface area (Å²) in [7, 11) is 0. The van der Waals surface area contributed by atoms with E-state index in [2.05, 4.69) is 20.8 Å². The predicted molar refractivity (Wildman–Crippen MR) is 94.4 cm³/mol. The Labute approximate surface area is 152 Å². The zero-order chi connectivity index (χ0) is 18.6. The Hall–Kier alpha value is -3.88. The van der Waals surface area contributed by atoms with Crippen LogP contribution >= 0.6 is 0 Å². The van der Waals surface area contributed by atoms with E-state index in [0.29, 0.717) is 40.6 Å². The molecule has 0 atom stereocenters. The molecule has 0 amide bonds. The van der Waals surface area contributed by atoms with Crippen LogP contribution in [0.1, 0.15) is 11.3 Å². The highest BCUT2D eigenvalue weighted by Gasteiger charge is 2.11. The lowest BCUT2D eigenvalue weighted by Gasteiger charge is -2.05. The van der Waals surface area contributed by atoms with E-state index in [-0.39, 0.29) is 0 Å². The number of halogens is 1. The standard InChI is InChI=1S/C18H14FN5O3/c19-15-7-13(1-2-17(15)24-5-3-12(11-24)9-21-25)16-8-14(27-22-16)10-20-18-4-6-26-23-18/h1-9,11,25H,10H2,(H,20,23). The minimum atomic E-state index is -0.416. The number of hydrogen-bond donors (Lipinski definition) is 2. The van der Waals surface area contributed by atoms with Crippen LogP contribution in [0, 0.1) is 5.82 Å². The molecule has 3 heterocycles. The molecule has 0 aliphatic heterocycles. The van der Waals surface area contributed by atoms with Gasteiger partial charge in [0.25, 0.3) is 0 Å². The third-order valence-corrected chi connectivity index (χ3v) is 3.88. The average Bonchev–Trinajstić information content (AvgIpc) is 3.42. The van der Waals surface area contributed by atoms with Crippen LogP contribution in [0.4, 0.5) is 10.2 Å². The first-order chi connectivity index (χ1) is 13.2. The Morgan fingerprint density at radius 1 is 1.22 bits per heavy atom. The topological polar surface area (TPSA) is 102 Å². The highest BCUT2D eigenvalue weighted by Crippen LogP contribution is 2.24. The maximum Gasteiger partial charge on any atom is 0.169 e. The van der Waals surface area contributed by atoms with Gasteiger partial charge in [0.1, 0.15) is 17.8 Å². The molecule has 4 aromatic rings. The third-order valence-electron chi connectivity index (χ3n) is 3.88. The van der Waals surface area contributed by atoms with E-state index >= 15 is 0 Å². The summed E-state index contributed by atoms with van der Waals surface area (Å²) in [6.07, 6.45) is 6.07. The van der Waals surface area contributed by atoms with Crippen LogP contribution in [-0.4, -0.2) is 26.3 Å². The van der Waals surface area contributed by atoms with Crippen LogP contribution in [0.15, 0.2) is 69.3 Å². The lowest BCUT2D eigenvalue weighted by molar-refractivity contribution is 0.322. The van der Waals surface area contributed by atoms with Gasteiger partial charge in [0.05, 0.1) is 18.4 Å². The molecule has 0 fully saturated rings. The first-order valence-corrected chi connectivity index (χ1v) is 7.98. The van der Waals surface area contributed by atoms with Gasteiger partial charge in [-0.25, -0.2) is 4.39 Å². The Morgan fingerprint density at radius 3 is 2.93 bits per heavy atom. The third kappa shape index (κ3) is 3.56. The molecule has 9 heteroatoms. The molecule has 27 heavy (non-hydrogen) atoms. The highest BCUT2D eigenvalue weighted by molar-refractivity contribution is 5.79. The van der Waals surface area contributed by atoms with Crippen molar-refractivity contribution in [1.82, 2.24) is 14.9 Å². The molecule has 3 aromatic heterocycles. The summed E-state index contributed by atoms with van der Waals surface area (Å²) in [5.41, 5.74) is 2.14. The Balaban J connectivity index is 1.52. The van der Waals surface area contributed by atoms with Crippen LogP contribution in [0.5, 0.6) is 0 Å². The Morgan fingerprint density at radius 2 is 2.15 bits per heavy atom. The van der Waals surface area contributed by atoms with E-state index in [1.54, 1.807) is 47.3 Å². The van der Waals surface area contributed by atoms with Gasteiger partial charge >= 0.3 is 0 Å². The zero-order valence-corrected chi connectivity index (χ0v) is 13.9. The fourth-order valence-corrected chi connectivity index (χ4v) is 2.60. The van der Waals surface area contributed by atoms with Gasteiger partial charge in [-0.2, -0.15) is 0 Å². The van der Waals surface area contributed by atoms with Crippen molar-refractivity contribution in [3.8, 4) is 16.9 Å². The molecule has 8 nitrogen and oxygen atoms in total. The van der Waals surface area contributed by atoms with E-state index in [1.165, 1.54) is 18.5 Å². The molecule has 1 aromatic carbocycles. The number of nitrogens with one attached hydrogen (secondary N) is 1. The van der Waals surface area contributed by atoms with E-state index in [9.17, 15) is 4.39 Å². The SMILES string of the molecule is ON=Cc1ccn(-c2ccc(-c3cc(CNc4ccon4)on3)cc2F)c1. The molecule has 0 spiro atoms. The number of oxime groups is 1. The number of benzene rings is 1. The second kappa shape index (κ2) is 7.16. The van der Waals surface area contributed by atoms with E-state index in [4.69, 9.17) is 14.3 Å². The van der Waals surface area contributed by atoms with Crippen LogP contribution < -0.4 is 5.32 Å². The molecule has 0 saturated heterocycles. The molecule has 0 saturated carbocycles. The summed E-state index contributed by atoms with van der Waals surface area (Å²) < 4.78 is 26.2. The van der Waals surface area contributed by atoms with Gasteiger partial charge in [-0.15, -0.1) is 0 Å². The summed E-state index contributed by atoms with van der Waals surface area (Å²) >= 11 is 0. The van der Waals surface area contributed by atoms with Crippen molar-refractivity contribution in [3.05, 3.63) is 72.2 Å². The number of hydrogen-bond acceptors (Lipinski definition) is 7. The summed E-state index contributed by atoms with van der Waals surface area (Å²) in [4.78, 5) is 0. The largest absolute Gasteiger partial charge is 0.411 e. The normalized spacial score (nSPS) is 11.3. The lowest BCUT2D eigenvalue weighted by atomic mass is 10.1. The van der Waals surface area contributed by atoms with Crippen molar-refractivity contribution >= 4 is 12.0 Å². The Kier molecular flexibility index (Phi) is 4.40. The first kappa shape index (κ1) is 16.6. The van der Waals surface area contributed by atoms with E-state index in [1.807, 2.05) is 0 Å². The maximum atomic E-state index is 14.6. The van der Waals surface area contributed by atoms with Crippen molar-refractivity contribution in [3.63, 3.8) is 0 Å². The van der Waals surface area contributed by atoms with Crippen molar-refractivity contribution in [2.24, 2.45) is 5.16 Å². The van der Waals surface area contributed by atoms with Gasteiger partial charge < -0.3 is 24.1 Å². The van der Waals surface area contributed by atoms with Gasteiger partial charge in [0, 0.05) is 35.7 Å². The minimum absolute atomic E-state index is 0.368. The van der Waals surface area contributed by atoms with Crippen molar-refractivity contribution in [2.75, 3.05) is 5.32 Å². The van der Waals surface area contributed by atoms with Crippen molar-refractivity contribution in [1.29, 1.82) is 0 Å². The quantitative estimate of drug-likeness (QED) is 0.306. The van der Waals surface area contributed by atoms with Crippen molar-refractivity contribution in [2.45, 2.75) is 6.54 Å². The lowest BCUT2D eigenvalue weighted by Crippen LogP contribution is -1.97. The molecule has 0 unspecified atom stereocenters. The molecule has 0 radical (unpaired) electrons. The molecule has 0 aliphatic carbocycles. The van der Waals surface area contributed by atoms with Crippen LogP contribution in [0.25, 0.3) is 16.9 Å². The maximum absolute atomic E-state index is 14.6. The summed E-state index contributed by atoms with van der Waals surface area (Å²) in [6, 6.07) is 9.91. The number of aromatic nitrogens is 3. The minimum Gasteiger partial charge on any atom is -0.411 e. The van der Waals surface area contributed by atoms with E-state index < -0.39 is 5.82 Å². The molecular weight excluding hydrogens is 353 g/mol. The molecule has 136 valence electrons. The van der Waals surface area contributed by atoms with E-state index in [0.717, 1.165) is 0 Å². The van der Waals surface area contributed by atoms with Gasteiger partial charge in [-0.1, -0.05) is 21.5 Å². The predicted octanol–water partition coefficient (Wildman–Crippen LogP) is 3.68. The second-order valence-electron chi connectivity index (χ2n) is 5.68. The van der Waals surface area contributed by atoms with Crippen LogP contribution in [0.3, 0.4) is 0 Å². The number of rotatable bonds is 6. The molecule has 0 aliphatic rings. The monoisotopic (exact) mass is 367 g/mol. The average molecular weight is 367 g/mol. The van der Waals surface area contributed by atoms with Gasteiger partial charge in [-0.3, -0.25) is 0 Å². The first-order valence-electron chi connectivity index (χ1n) is 7.98. The van der Waals surface area contributed by atoms with Gasteiger partial charge in [0.2, 0.25) is 0 Å². The number of anilines is 1. The fourth-order valence-electron chi connectivity index (χ4n) is 2.60. The zero-order valence-electron chi connectivity index (χ0n) is 13.9. The van der Waals surface area contributed by atoms with Crippen LogP contribution in [0.2, 0.25) is 0 Å². The second-order valence-corrected chi connectivity index (χ2v) is 5.68. The summed E-state index contributed by atoms with van der Waals surface area (Å²) in [6.45, 7) is 0.374. The fraction of sp³-hybridized carbons (Fsp3) is 0.0556. The summed E-state index contributed by atoms with van der Waals surface area (Å²) in [5, 5.41) is 22.3. The molecule has 4 rings (SSSR count). The van der Waals surface area contributed by atoms with Crippen molar-refractivity contribution < 1.29 is 18.6 Å².